The van der Waals surface area contributed by atoms with E-state index in [1.165, 1.54) is 4.57 Å². The Morgan fingerprint density at radius 3 is 2.50 bits per heavy atom. The van der Waals surface area contributed by atoms with Crippen LogP contribution in [0.4, 0.5) is 0 Å². The van der Waals surface area contributed by atoms with Gasteiger partial charge in [0.25, 0.3) is 5.56 Å². The van der Waals surface area contributed by atoms with E-state index >= 15 is 0 Å². The number of hydrogen-bond donors (Lipinski definition) is 0. The Kier molecular flexibility index (Phi) is 5.26. The minimum Gasteiger partial charge on any atom is -0.425 e. The van der Waals surface area contributed by atoms with Gasteiger partial charge in [0.1, 0.15) is 11.1 Å². The van der Waals surface area contributed by atoms with Crippen molar-refractivity contribution < 1.29 is 9.47 Å². The number of hydrogen-bond acceptors (Lipinski definition) is 6. The molecular formula is C23H26N6O3. The van der Waals surface area contributed by atoms with E-state index in [4.69, 9.17) is 9.47 Å². The molecule has 0 saturated carbocycles. The third-order valence-corrected chi connectivity index (χ3v) is 5.86. The molecule has 1 aliphatic rings. The molecule has 5 rings (SSSR count). The molecule has 0 unspecified atom stereocenters. The largest absolute Gasteiger partial charge is 0.425 e. The van der Waals surface area contributed by atoms with Gasteiger partial charge in [0.05, 0.1) is 18.4 Å². The SMILES string of the molecule is CC(C)n1cc(-c2ccc(Oc3nc4c(cnn4C4CCOCC4)c(=O)n3C)cc2)cn1. The van der Waals surface area contributed by atoms with Gasteiger partial charge in [0.15, 0.2) is 5.65 Å². The van der Waals surface area contributed by atoms with E-state index in [1.807, 2.05) is 46.0 Å². The second-order valence-corrected chi connectivity index (χ2v) is 8.36. The van der Waals surface area contributed by atoms with Crippen LogP contribution in [-0.4, -0.2) is 42.3 Å². The molecule has 1 aliphatic heterocycles. The summed E-state index contributed by atoms with van der Waals surface area (Å²) in [6.45, 7) is 5.55. The average Bonchev–Trinajstić information content (AvgIpc) is 3.46. The molecule has 4 aromatic rings. The molecule has 1 saturated heterocycles. The Morgan fingerprint density at radius 2 is 1.81 bits per heavy atom. The second kappa shape index (κ2) is 8.23. The molecule has 0 spiro atoms. The first-order chi connectivity index (χ1) is 15.5. The van der Waals surface area contributed by atoms with Crippen molar-refractivity contribution in [3.63, 3.8) is 0 Å². The van der Waals surface area contributed by atoms with Gasteiger partial charge in [0.2, 0.25) is 0 Å². The van der Waals surface area contributed by atoms with E-state index in [0.717, 1.165) is 24.0 Å². The normalized spacial score (nSPS) is 15.0. The zero-order valence-electron chi connectivity index (χ0n) is 18.4. The number of benzene rings is 1. The summed E-state index contributed by atoms with van der Waals surface area (Å²) >= 11 is 0. The summed E-state index contributed by atoms with van der Waals surface area (Å²) in [7, 11) is 1.66. The maximum absolute atomic E-state index is 12.9. The fourth-order valence-corrected chi connectivity index (χ4v) is 3.93. The van der Waals surface area contributed by atoms with Crippen molar-refractivity contribution in [1.29, 1.82) is 0 Å². The summed E-state index contributed by atoms with van der Waals surface area (Å²) in [4.78, 5) is 17.5. The predicted molar refractivity (Wildman–Crippen MR) is 120 cm³/mol. The quantitative estimate of drug-likeness (QED) is 0.476. The van der Waals surface area contributed by atoms with Gasteiger partial charge in [-0.3, -0.25) is 14.0 Å². The fourth-order valence-electron chi connectivity index (χ4n) is 3.93. The highest BCUT2D eigenvalue weighted by Gasteiger charge is 2.22. The number of rotatable bonds is 5. The first-order valence-corrected chi connectivity index (χ1v) is 10.9. The lowest BCUT2D eigenvalue weighted by Gasteiger charge is -2.22. The monoisotopic (exact) mass is 434 g/mol. The Bertz CT molecular complexity index is 1300. The Hall–Kier alpha value is -3.46. The van der Waals surface area contributed by atoms with Crippen molar-refractivity contribution in [2.24, 2.45) is 7.05 Å². The number of ether oxygens (including phenoxy) is 2. The summed E-state index contributed by atoms with van der Waals surface area (Å²) in [6, 6.07) is 8.39. The van der Waals surface area contributed by atoms with Crippen molar-refractivity contribution in [1.82, 2.24) is 29.1 Å². The third kappa shape index (κ3) is 3.69. The minimum atomic E-state index is -0.180. The van der Waals surface area contributed by atoms with E-state index in [-0.39, 0.29) is 17.6 Å². The summed E-state index contributed by atoms with van der Waals surface area (Å²) < 4.78 is 16.6. The van der Waals surface area contributed by atoms with Crippen molar-refractivity contribution in [2.75, 3.05) is 13.2 Å². The van der Waals surface area contributed by atoms with Crippen LogP contribution in [0.2, 0.25) is 0 Å². The molecule has 0 N–H and O–H groups in total. The van der Waals surface area contributed by atoms with Gasteiger partial charge >= 0.3 is 6.01 Å². The van der Waals surface area contributed by atoms with Gasteiger partial charge in [-0.25, -0.2) is 4.68 Å². The molecule has 1 aromatic carbocycles. The molecule has 9 heteroatoms. The van der Waals surface area contributed by atoms with Crippen molar-refractivity contribution in [3.8, 4) is 22.9 Å². The maximum Gasteiger partial charge on any atom is 0.306 e. The van der Waals surface area contributed by atoms with Gasteiger partial charge in [-0.2, -0.15) is 15.2 Å². The number of aromatic nitrogens is 6. The van der Waals surface area contributed by atoms with Crippen molar-refractivity contribution >= 4 is 11.0 Å². The third-order valence-electron chi connectivity index (χ3n) is 5.86. The molecule has 0 atom stereocenters. The number of nitrogens with zero attached hydrogens (tertiary/aromatic N) is 6. The number of fused-ring (bicyclic) bond motifs is 1. The zero-order valence-corrected chi connectivity index (χ0v) is 18.4. The van der Waals surface area contributed by atoms with Crippen LogP contribution in [0.3, 0.4) is 0 Å². The fraction of sp³-hybridized carbons (Fsp3) is 0.391. The average molecular weight is 435 g/mol. The zero-order chi connectivity index (χ0) is 22.2. The molecule has 0 amide bonds. The van der Waals surface area contributed by atoms with Crippen molar-refractivity contribution in [2.45, 2.75) is 38.8 Å². The van der Waals surface area contributed by atoms with Crippen LogP contribution in [0.15, 0.2) is 47.7 Å². The lowest BCUT2D eigenvalue weighted by Crippen LogP contribution is -2.23. The van der Waals surface area contributed by atoms with Crippen LogP contribution < -0.4 is 10.3 Å². The van der Waals surface area contributed by atoms with Crippen LogP contribution in [0, 0.1) is 0 Å². The van der Waals surface area contributed by atoms with E-state index in [9.17, 15) is 4.79 Å². The van der Waals surface area contributed by atoms with Gasteiger partial charge in [-0.05, 0) is 44.4 Å². The summed E-state index contributed by atoms with van der Waals surface area (Å²) in [5.74, 6) is 0.601. The Morgan fingerprint density at radius 1 is 1.06 bits per heavy atom. The first kappa shape index (κ1) is 20.4. The highest BCUT2D eigenvalue weighted by Crippen LogP contribution is 2.27. The molecule has 0 aliphatic carbocycles. The molecule has 3 aromatic heterocycles. The first-order valence-electron chi connectivity index (χ1n) is 10.9. The van der Waals surface area contributed by atoms with Crippen molar-refractivity contribution in [3.05, 3.63) is 53.2 Å². The molecule has 166 valence electrons. The predicted octanol–water partition coefficient (Wildman–Crippen LogP) is 3.72. The topological polar surface area (TPSA) is 89.0 Å². The van der Waals surface area contributed by atoms with Crippen LogP contribution in [0.5, 0.6) is 11.8 Å². The second-order valence-electron chi connectivity index (χ2n) is 8.36. The molecule has 1 fully saturated rings. The highest BCUT2D eigenvalue weighted by molar-refractivity contribution is 5.74. The van der Waals surface area contributed by atoms with Gasteiger partial charge in [-0.15, -0.1) is 0 Å². The summed E-state index contributed by atoms with van der Waals surface area (Å²) in [6.07, 6.45) is 7.16. The van der Waals surface area contributed by atoms with E-state index in [1.54, 1.807) is 13.2 Å². The van der Waals surface area contributed by atoms with Gasteiger partial charge in [0, 0.05) is 38.1 Å². The van der Waals surface area contributed by atoms with Crippen LogP contribution in [0.25, 0.3) is 22.2 Å². The van der Waals surface area contributed by atoms with Crippen LogP contribution in [-0.2, 0) is 11.8 Å². The lowest BCUT2D eigenvalue weighted by molar-refractivity contribution is 0.0673. The summed E-state index contributed by atoms with van der Waals surface area (Å²) in [5.41, 5.74) is 2.45. The van der Waals surface area contributed by atoms with Gasteiger partial charge in [-0.1, -0.05) is 12.1 Å². The molecular weight excluding hydrogens is 408 g/mol. The minimum absolute atomic E-state index is 0.166. The molecule has 0 radical (unpaired) electrons. The van der Waals surface area contributed by atoms with E-state index in [2.05, 4.69) is 29.0 Å². The Labute approximate surface area is 185 Å². The van der Waals surface area contributed by atoms with Gasteiger partial charge < -0.3 is 9.47 Å². The standard InChI is InChI=1S/C23H26N6O3/c1-15(2)28-14-17(12-24-28)16-4-6-19(7-5-16)32-23-26-21-20(22(30)27(23)3)13-25-29(21)18-8-10-31-11-9-18/h4-7,12-15,18H,8-11H2,1-3H3. The van der Waals surface area contributed by atoms with E-state index < -0.39 is 0 Å². The lowest BCUT2D eigenvalue weighted by atomic mass is 10.1. The maximum atomic E-state index is 12.9. The van der Waals surface area contributed by atoms with Crippen LogP contribution in [0.1, 0.15) is 38.8 Å². The van der Waals surface area contributed by atoms with E-state index in [0.29, 0.717) is 36.0 Å². The molecule has 32 heavy (non-hydrogen) atoms. The summed E-state index contributed by atoms with van der Waals surface area (Å²) in [5, 5.41) is 9.34. The smallest absolute Gasteiger partial charge is 0.306 e. The Balaban J connectivity index is 1.44. The highest BCUT2D eigenvalue weighted by atomic mass is 16.5. The molecule has 4 heterocycles. The van der Waals surface area contributed by atoms with Crippen LogP contribution >= 0.6 is 0 Å². The molecule has 0 bridgehead atoms. The molecule has 9 nitrogen and oxygen atoms in total.